The minimum atomic E-state index is -4.74. The fourth-order valence-electron chi connectivity index (χ4n) is 1.48. The molecule has 0 aliphatic carbocycles. The molecule has 0 aromatic heterocycles. The Morgan fingerprint density at radius 1 is 1.45 bits per heavy atom. The Morgan fingerprint density at radius 2 is 2.10 bits per heavy atom. The maximum Gasteiger partial charge on any atom is 0.524 e. The molecule has 0 amide bonds. The minimum Gasteiger partial charge on any atom is -0.504 e. The molecule has 0 heterocycles. The summed E-state index contributed by atoms with van der Waals surface area (Å²) in [6.07, 6.45) is 0.114. The lowest BCUT2D eigenvalue weighted by molar-refractivity contribution is -0.144. The molecule has 0 unspecified atom stereocenters. The van der Waals surface area contributed by atoms with Crippen molar-refractivity contribution in [2.75, 3.05) is 6.61 Å². The van der Waals surface area contributed by atoms with Gasteiger partial charge in [-0.3, -0.25) is 14.6 Å². The van der Waals surface area contributed by atoms with Gasteiger partial charge in [-0.05, 0) is 31.0 Å². The molecule has 1 aromatic carbocycles. The lowest BCUT2D eigenvalue weighted by Gasteiger charge is -2.12. The van der Waals surface area contributed by atoms with E-state index in [1.807, 2.05) is 0 Å². The van der Waals surface area contributed by atoms with Gasteiger partial charge in [-0.25, -0.2) is 4.57 Å². The monoisotopic (exact) mass is 305 g/mol. The van der Waals surface area contributed by atoms with Gasteiger partial charge in [0.15, 0.2) is 11.5 Å². The SMILES string of the molecule is CCOC(=O)[C@@H](N)Cc1ccc(OP(=O)(O)O)c(O)c1. The number of phosphoric ester groups is 1. The number of phenols is 1. The predicted octanol–water partition coefficient (Wildman–Crippen LogP) is 0.297. The van der Waals surface area contributed by atoms with E-state index in [0.717, 1.165) is 0 Å². The number of carbonyl (C=O) groups is 1. The molecule has 0 fully saturated rings. The smallest absolute Gasteiger partial charge is 0.504 e. The quantitative estimate of drug-likeness (QED) is 0.434. The number of aromatic hydroxyl groups is 1. The van der Waals surface area contributed by atoms with Gasteiger partial charge >= 0.3 is 13.8 Å². The van der Waals surface area contributed by atoms with Crippen LogP contribution in [0.2, 0.25) is 0 Å². The number of rotatable bonds is 6. The van der Waals surface area contributed by atoms with Crippen molar-refractivity contribution in [2.24, 2.45) is 5.73 Å². The maximum atomic E-state index is 11.3. The third kappa shape index (κ3) is 5.18. The molecule has 8 nitrogen and oxygen atoms in total. The number of phosphoric acid groups is 1. The molecule has 0 aliphatic rings. The van der Waals surface area contributed by atoms with Gasteiger partial charge in [-0.15, -0.1) is 0 Å². The summed E-state index contributed by atoms with van der Waals surface area (Å²) < 4.78 is 19.7. The Hall–Kier alpha value is -1.60. The van der Waals surface area contributed by atoms with Gasteiger partial charge < -0.3 is 20.1 Å². The molecule has 0 saturated carbocycles. The Kier molecular flexibility index (Phi) is 5.52. The standard InChI is InChI=1S/C11H16NO7P/c1-2-18-11(14)8(12)5-7-3-4-10(9(13)6-7)19-20(15,16)17/h3-4,6,8,13H,2,5,12H2,1H3,(H2,15,16,17)/t8-/m0/s1. The second-order valence-corrected chi connectivity index (χ2v) is 5.11. The molecule has 0 bridgehead atoms. The van der Waals surface area contributed by atoms with E-state index in [0.29, 0.717) is 5.56 Å². The highest BCUT2D eigenvalue weighted by Gasteiger charge is 2.20. The Balaban J connectivity index is 2.77. The molecule has 0 radical (unpaired) electrons. The third-order valence-corrected chi connectivity index (χ3v) is 2.72. The van der Waals surface area contributed by atoms with Gasteiger partial charge in [0.1, 0.15) is 6.04 Å². The summed E-state index contributed by atoms with van der Waals surface area (Å²) in [5.41, 5.74) is 6.11. The van der Waals surface area contributed by atoms with E-state index in [4.69, 9.17) is 20.3 Å². The molecular formula is C11H16NO7P. The highest BCUT2D eigenvalue weighted by Crippen LogP contribution is 2.41. The number of benzene rings is 1. The first-order chi connectivity index (χ1) is 9.23. The summed E-state index contributed by atoms with van der Waals surface area (Å²) in [7, 11) is -4.74. The lowest BCUT2D eigenvalue weighted by atomic mass is 10.1. The van der Waals surface area contributed by atoms with Crippen LogP contribution in [0.5, 0.6) is 11.5 Å². The van der Waals surface area contributed by atoms with Crippen LogP contribution >= 0.6 is 7.82 Å². The Labute approximate surface area is 115 Å². The van der Waals surface area contributed by atoms with Crippen LogP contribution < -0.4 is 10.3 Å². The molecule has 1 rings (SSSR count). The summed E-state index contributed by atoms with van der Waals surface area (Å²) in [5.74, 6) is -1.38. The molecule has 1 atom stereocenters. The number of hydrogen-bond donors (Lipinski definition) is 4. The summed E-state index contributed by atoms with van der Waals surface area (Å²) in [6, 6.07) is 2.94. The second-order valence-electron chi connectivity index (χ2n) is 3.95. The molecule has 112 valence electrons. The first-order valence-electron chi connectivity index (χ1n) is 5.72. The van der Waals surface area contributed by atoms with E-state index in [9.17, 15) is 14.5 Å². The molecule has 0 aliphatic heterocycles. The third-order valence-electron chi connectivity index (χ3n) is 2.29. The van der Waals surface area contributed by atoms with Crippen molar-refractivity contribution < 1.29 is 33.5 Å². The molecule has 0 spiro atoms. The molecular weight excluding hydrogens is 289 g/mol. The van der Waals surface area contributed by atoms with E-state index >= 15 is 0 Å². The summed E-state index contributed by atoms with van der Waals surface area (Å²) in [4.78, 5) is 28.6. The fraction of sp³-hybridized carbons (Fsp3) is 0.364. The van der Waals surface area contributed by atoms with Gasteiger partial charge in [0.25, 0.3) is 0 Å². The zero-order chi connectivity index (χ0) is 15.3. The highest BCUT2D eigenvalue weighted by molar-refractivity contribution is 7.46. The molecule has 9 heteroatoms. The van der Waals surface area contributed by atoms with Gasteiger partial charge in [0, 0.05) is 0 Å². The van der Waals surface area contributed by atoms with Crippen LogP contribution in [-0.4, -0.2) is 33.5 Å². The minimum absolute atomic E-state index is 0.114. The average molecular weight is 305 g/mol. The van der Waals surface area contributed by atoms with Crippen molar-refractivity contribution in [1.82, 2.24) is 0 Å². The van der Waals surface area contributed by atoms with Gasteiger partial charge in [0.2, 0.25) is 0 Å². The van der Waals surface area contributed by atoms with E-state index < -0.39 is 25.6 Å². The normalized spacial score (nSPS) is 12.8. The van der Waals surface area contributed by atoms with Crippen LogP contribution in [-0.2, 0) is 20.5 Å². The van der Waals surface area contributed by atoms with Crippen molar-refractivity contribution in [3.63, 3.8) is 0 Å². The Morgan fingerprint density at radius 3 is 2.60 bits per heavy atom. The molecule has 5 N–H and O–H groups in total. The summed E-state index contributed by atoms with van der Waals surface area (Å²) in [6.45, 7) is 1.87. The van der Waals surface area contributed by atoms with Crippen LogP contribution in [0.4, 0.5) is 0 Å². The number of phenolic OH excluding ortho intramolecular Hbond substituents is 1. The van der Waals surface area contributed by atoms with Gasteiger partial charge in [-0.1, -0.05) is 6.07 Å². The molecule has 1 aromatic rings. The molecule has 0 saturated heterocycles. The van der Waals surface area contributed by atoms with Crippen LogP contribution in [0.25, 0.3) is 0 Å². The van der Waals surface area contributed by atoms with Crippen LogP contribution in [0, 0.1) is 0 Å². The highest BCUT2D eigenvalue weighted by atomic mass is 31.2. The fourth-order valence-corrected chi connectivity index (χ4v) is 1.89. The number of carbonyl (C=O) groups excluding carboxylic acids is 1. The first kappa shape index (κ1) is 16.5. The number of hydrogen-bond acceptors (Lipinski definition) is 6. The number of ether oxygens (including phenoxy) is 1. The van der Waals surface area contributed by atoms with Crippen molar-refractivity contribution in [3.8, 4) is 11.5 Å². The van der Waals surface area contributed by atoms with E-state index in [1.165, 1.54) is 18.2 Å². The zero-order valence-corrected chi connectivity index (χ0v) is 11.6. The van der Waals surface area contributed by atoms with E-state index in [1.54, 1.807) is 6.92 Å². The molecule has 20 heavy (non-hydrogen) atoms. The van der Waals surface area contributed by atoms with Crippen molar-refractivity contribution >= 4 is 13.8 Å². The Bertz CT molecular complexity index is 528. The van der Waals surface area contributed by atoms with Gasteiger partial charge in [-0.2, -0.15) is 0 Å². The summed E-state index contributed by atoms with van der Waals surface area (Å²) >= 11 is 0. The van der Waals surface area contributed by atoms with E-state index in [2.05, 4.69) is 4.52 Å². The zero-order valence-electron chi connectivity index (χ0n) is 10.7. The topological polar surface area (TPSA) is 139 Å². The van der Waals surface area contributed by atoms with Crippen molar-refractivity contribution in [1.29, 1.82) is 0 Å². The van der Waals surface area contributed by atoms with Crippen molar-refractivity contribution in [2.45, 2.75) is 19.4 Å². The van der Waals surface area contributed by atoms with Crippen LogP contribution in [0.1, 0.15) is 12.5 Å². The maximum absolute atomic E-state index is 11.3. The van der Waals surface area contributed by atoms with Crippen LogP contribution in [0.3, 0.4) is 0 Å². The van der Waals surface area contributed by atoms with Gasteiger partial charge in [0.05, 0.1) is 6.61 Å². The second kappa shape index (κ2) is 6.71. The lowest BCUT2D eigenvalue weighted by Crippen LogP contribution is -2.34. The van der Waals surface area contributed by atoms with Crippen molar-refractivity contribution in [3.05, 3.63) is 23.8 Å². The predicted molar refractivity (Wildman–Crippen MR) is 69.1 cm³/mol. The largest absolute Gasteiger partial charge is 0.524 e. The number of esters is 1. The number of nitrogens with two attached hydrogens (primary N) is 1. The average Bonchev–Trinajstić information content (AvgIpc) is 2.31. The van der Waals surface area contributed by atoms with E-state index in [-0.39, 0.29) is 18.8 Å². The first-order valence-corrected chi connectivity index (χ1v) is 7.25. The summed E-state index contributed by atoms with van der Waals surface area (Å²) in [5, 5.41) is 9.58. The van der Waals surface area contributed by atoms with Crippen LogP contribution in [0.15, 0.2) is 18.2 Å².